The first-order valence-electron chi connectivity index (χ1n) is 8.98. The first-order valence-corrected chi connectivity index (χ1v) is 8.98. The molecule has 1 fully saturated rings. The Hall–Kier alpha value is -2.22. The van der Waals surface area contributed by atoms with Gasteiger partial charge in [0.1, 0.15) is 5.65 Å². The van der Waals surface area contributed by atoms with Crippen LogP contribution in [0.3, 0.4) is 0 Å². The molecule has 0 saturated carbocycles. The number of amides is 1. The molecule has 1 saturated heterocycles. The van der Waals surface area contributed by atoms with Gasteiger partial charge in [0.15, 0.2) is 11.6 Å². The van der Waals surface area contributed by atoms with Crippen LogP contribution in [0.1, 0.15) is 23.6 Å². The van der Waals surface area contributed by atoms with E-state index in [1.807, 2.05) is 35.0 Å². The summed E-state index contributed by atoms with van der Waals surface area (Å²) in [6, 6.07) is 9.45. The quantitative estimate of drug-likeness (QED) is 0.651. The largest absolute Gasteiger partial charge is 0.351 e. The zero-order valence-corrected chi connectivity index (χ0v) is 17.1. The van der Waals surface area contributed by atoms with Crippen molar-refractivity contribution in [3.05, 3.63) is 71.7 Å². The van der Waals surface area contributed by atoms with E-state index in [2.05, 4.69) is 15.6 Å². The van der Waals surface area contributed by atoms with Crippen molar-refractivity contribution < 1.29 is 13.6 Å². The molecule has 1 aliphatic rings. The number of rotatable bonds is 4. The van der Waals surface area contributed by atoms with Crippen LogP contribution >= 0.6 is 24.8 Å². The normalized spacial score (nSPS) is 18.6. The van der Waals surface area contributed by atoms with Gasteiger partial charge in [-0.1, -0.05) is 12.1 Å². The van der Waals surface area contributed by atoms with Crippen LogP contribution in [-0.2, 0) is 11.2 Å². The van der Waals surface area contributed by atoms with Crippen LogP contribution < -0.4 is 10.6 Å². The molecule has 3 heterocycles. The fourth-order valence-electron chi connectivity index (χ4n) is 3.65. The summed E-state index contributed by atoms with van der Waals surface area (Å²) in [6.07, 6.45) is 4.63. The number of fused-ring (bicyclic) bond motifs is 1. The molecule has 3 aromatic rings. The molecule has 156 valence electrons. The third-order valence-corrected chi connectivity index (χ3v) is 4.96. The first kappa shape index (κ1) is 23.1. The number of carbonyl (C=O) groups excluding carboxylic acids is 1. The predicted molar refractivity (Wildman–Crippen MR) is 112 cm³/mol. The van der Waals surface area contributed by atoms with Gasteiger partial charge in [0.05, 0.1) is 12.1 Å². The third kappa shape index (κ3) is 5.23. The second-order valence-corrected chi connectivity index (χ2v) is 6.82. The molecule has 2 unspecified atom stereocenters. The van der Waals surface area contributed by atoms with Gasteiger partial charge in [-0.2, -0.15) is 0 Å². The van der Waals surface area contributed by atoms with Crippen molar-refractivity contribution in [2.75, 3.05) is 13.1 Å². The maximum Gasteiger partial charge on any atom is 0.226 e. The topological polar surface area (TPSA) is 58.4 Å². The molecule has 1 aromatic carbocycles. The lowest BCUT2D eigenvalue weighted by molar-refractivity contribution is -0.121. The van der Waals surface area contributed by atoms with Crippen molar-refractivity contribution in [3.63, 3.8) is 0 Å². The summed E-state index contributed by atoms with van der Waals surface area (Å²) in [5.41, 5.74) is 2.18. The van der Waals surface area contributed by atoms with Gasteiger partial charge in [-0.15, -0.1) is 24.8 Å². The minimum atomic E-state index is -0.861. The van der Waals surface area contributed by atoms with Crippen molar-refractivity contribution in [3.8, 4) is 0 Å². The number of hydrogen-bond donors (Lipinski definition) is 2. The lowest BCUT2D eigenvalue weighted by Gasteiger charge is -2.33. The Kier molecular flexibility index (Phi) is 7.96. The van der Waals surface area contributed by atoms with Gasteiger partial charge in [0, 0.05) is 30.9 Å². The maximum atomic E-state index is 13.6. The molecule has 0 bridgehead atoms. The highest BCUT2D eigenvalue weighted by atomic mass is 35.5. The molecule has 1 amide bonds. The summed E-state index contributed by atoms with van der Waals surface area (Å²) >= 11 is 0. The molecule has 0 radical (unpaired) electrons. The molecular formula is C20H22Cl2F2N4O. The molecule has 2 N–H and O–H groups in total. The number of nitrogens with zero attached hydrogens (tertiary/aromatic N) is 2. The molecule has 0 aliphatic carbocycles. The molecule has 2 aromatic heterocycles. The summed E-state index contributed by atoms with van der Waals surface area (Å²) in [5.74, 6) is -1.92. The van der Waals surface area contributed by atoms with Crippen molar-refractivity contribution in [1.29, 1.82) is 0 Å². The molecular weight excluding hydrogens is 421 g/mol. The SMILES string of the molecule is Cl.Cl.O=C(Cc1cn2ccccc2n1)NC1CNCCC1c1ccc(F)c(F)c1. The van der Waals surface area contributed by atoms with E-state index >= 15 is 0 Å². The number of aromatic nitrogens is 2. The Morgan fingerprint density at radius 3 is 2.79 bits per heavy atom. The van der Waals surface area contributed by atoms with Gasteiger partial charge < -0.3 is 15.0 Å². The van der Waals surface area contributed by atoms with Crippen LogP contribution in [0, 0.1) is 11.6 Å². The van der Waals surface area contributed by atoms with Crippen LogP contribution in [0.15, 0.2) is 48.8 Å². The summed E-state index contributed by atoms with van der Waals surface area (Å²) in [5, 5.41) is 6.28. The van der Waals surface area contributed by atoms with Gasteiger partial charge in [0.2, 0.25) is 5.91 Å². The van der Waals surface area contributed by atoms with Gasteiger partial charge >= 0.3 is 0 Å². The standard InChI is InChI=1S/C20H20F2N4O.2ClH/c21-16-5-4-13(9-17(16)22)15-6-7-23-11-18(15)25-20(27)10-14-12-26-8-2-1-3-19(26)24-14;;/h1-5,8-9,12,15,18,23H,6-7,10-11H2,(H,25,27);2*1H. The number of pyridine rings is 1. The molecule has 9 heteroatoms. The van der Waals surface area contributed by atoms with Crippen LogP contribution in [-0.4, -0.2) is 34.4 Å². The summed E-state index contributed by atoms with van der Waals surface area (Å²) < 4.78 is 28.7. The predicted octanol–water partition coefficient (Wildman–Crippen LogP) is 3.26. The Morgan fingerprint density at radius 2 is 2.03 bits per heavy atom. The van der Waals surface area contributed by atoms with Crippen LogP contribution in [0.4, 0.5) is 8.78 Å². The van der Waals surface area contributed by atoms with Crippen LogP contribution in [0.2, 0.25) is 0 Å². The first-order chi connectivity index (χ1) is 13.1. The molecule has 1 aliphatic heterocycles. The zero-order chi connectivity index (χ0) is 18.8. The summed E-state index contributed by atoms with van der Waals surface area (Å²) in [4.78, 5) is 17.0. The molecule has 5 nitrogen and oxygen atoms in total. The van der Waals surface area contributed by atoms with Gasteiger partial charge in [-0.25, -0.2) is 13.8 Å². The maximum absolute atomic E-state index is 13.6. The highest BCUT2D eigenvalue weighted by molar-refractivity contribution is 5.85. The Balaban J connectivity index is 0.00000150. The second-order valence-electron chi connectivity index (χ2n) is 6.82. The Morgan fingerprint density at radius 1 is 1.21 bits per heavy atom. The van der Waals surface area contributed by atoms with E-state index < -0.39 is 11.6 Å². The fourth-order valence-corrected chi connectivity index (χ4v) is 3.65. The molecule has 2 atom stereocenters. The zero-order valence-electron chi connectivity index (χ0n) is 15.5. The van der Waals surface area contributed by atoms with E-state index in [1.165, 1.54) is 6.07 Å². The summed E-state index contributed by atoms with van der Waals surface area (Å²) in [7, 11) is 0. The van der Waals surface area contributed by atoms with E-state index in [-0.39, 0.29) is 49.1 Å². The number of hydrogen-bond acceptors (Lipinski definition) is 3. The number of carbonyl (C=O) groups is 1. The van der Waals surface area contributed by atoms with Crippen molar-refractivity contribution in [1.82, 2.24) is 20.0 Å². The van der Waals surface area contributed by atoms with E-state index in [0.717, 1.165) is 24.7 Å². The van der Waals surface area contributed by atoms with Crippen LogP contribution in [0.25, 0.3) is 5.65 Å². The second kappa shape index (κ2) is 10.0. The number of benzene rings is 1. The number of nitrogens with one attached hydrogen (secondary N) is 2. The lowest BCUT2D eigenvalue weighted by Crippen LogP contribution is -2.50. The Bertz CT molecular complexity index is 949. The smallest absolute Gasteiger partial charge is 0.226 e. The van der Waals surface area contributed by atoms with Gasteiger partial charge in [-0.05, 0) is 42.8 Å². The van der Waals surface area contributed by atoms with E-state index in [0.29, 0.717) is 17.8 Å². The third-order valence-electron chi connectivity index (χ3n) is 4.96. The average molecular weight is 443 g/mol. The highest BCUT2D eigenvalue weighted by Gasteiger charge is 2.28. The Labute approximate surface area is 179 Å². The highest BCUT2D eigenvalue weighted by Crippen LogP contribution is 2.27. The van der Waals surface area contributed by atoms with Gasteiger partial charge in [0.25, 0.3) is 0 Å². The lowest BCUT2D eigenvalue weighted by atomic mass is 9.86. The van der Waals surface area contributed by atoms with Gasteiger partial charge in [-0.3, -0.25) is 4.79 Å². The number of piperidine rings is 1. The van der Waals surface area contributed by atoms with E-state index in [4.69, 9.17) is 0 Å². The molecule has 0 spiro atoms. The van der Waals surface area contributed by atoms with Crippen LogP contribution in [0.5, 0.6) is 0 Å². The van der Waals surface area contributed by atoms with E-state index in [1.54, 1.807) is 6.07 Å². The fraction of sp³-hybridized carbons (Fsp3) is 0.300. The number of halogens is 4. The average Bonchev–Trinajstić information content (AvgIpc) is 3.06. The van der Waals surface area contributed by atoms with E-state index in [9.17, 15) is 13.6 Å². The molecule has 29 heavy (non-hydrogen) atoms. The van der Waals surface area contributed by atoms with Crippen molar-refractivity contribution in [2.24, 2.45) is 0 Å². The van der Waals surface area contributed by atoms with Crippen molar-refractivity contribution >= 4 is 36.4 Å². The number of imidazole rings is 1. The monoisotopic (exact) mass is 442 g/mol. The summed E-state index contributed by atoms with van der Waals surface area (Å²) in [6.45, 7) is 1.35. The minimum absolute atomic E-state index is 0. The minimum Gasteiger partial charge on any atom is -0.351 e. The molecule has 4 rings (SSSR count). The van der Waals surface area contributed by atoms with Crippen molar-refractivity contribution in [2.45, 2.75) is 24.8 Å².